The van der Waals surface area contributed by atoms with Gasteiger partial charge in [-0.25, -0.2) is 4.99 Å². The number of guanidine groups is 1. The van der Waals surface area contributed by atoms with Crippen LogP contribution in [-0.2, 0) is 11.3 Å². The van der Waals surface area contributed by atoms with Crippen LogP contribution in [0.15, 0.2) is 29.3 Å². The van der Waals surface area contributed by atoms with Crippen molar-refractivity contribution in [1.82, 2.24) is 20.9 Å². The molecule has 1 saturated carbocycles. The lowest BCUT2D eigenvalue weighted by Gasteiger charge is -2.26. The van der Waals surface area contributed by atoms with Crippen LogP contribution in [0.2, 0.25) is 0 Å². The van der Waals surface area contributed by atoms with Crippen molar-refractivity contribution in [3.05, 3.63) is 35.4 Å². The van der Waals surface area contributed by atoms with Gasteiger partial charge in [0.25, 0.3) is 5.91 Å². The molecule has 1 aliphatic carbocycles. The van der Waals surface area contributed by atoms with E-state index in [0.717, 1.165) is 62.4 Å². The normalized spacial score (nSPS) is 17.0. The van der Waals surface area contributed by atoms with Crippen molar-refractivity contribution in [2.45, 2.75) is 45.6 Å². The summed E-state index contributed by atoms with van der Waals surface area (Å²) in [5.74, 6) is 1.25. The molecule has 1 aromatic rings. The van der Waals surface area contributed by atoms with Crippen LogP contribution in [0, 0.1) is 5.92 Å². The Morgan fingerprint density at radius 1 is 1.00 bits per heavy atom. The summed E-state index contributed by atoms with van der Waals surface area (Å²) >= 11 is 0. The zero-order valence-corrected chi connectivity index (χ0v) is 17.4. The molecule has 1 aliphatic heterocycles. The van der Waals surface area contributed by atoms with Gasteiger partial charge in [0.1, 0.15) is 0 Å². The van der Waals surface area contributed by atoms with Crippen LogP contribution in [-0.4, -0.2) is 55.4 Å². The molecule has 0 atom stereocenters. The fourth-order valence-electron chi connectivity index (χ4n) is 3.40. The van der Waals surface area contributed by atoms with E-state index in [0.29, 0.717) is 19.6 Å². The Hall–Kier alpha value is -2.57. The molecule has 1 heterocycles. The van der Waals surface area contributed by atoms with Crippen LogP contribution >= 0.6 is 0 Å². The molecule has 0 bridgehead atoms. The van der Waals surface area contributed by atoms with Crippen LogP contribution in [0.1, 0.15) is 54.9 Å². The molecule has 0 radical (unpaired) electrons. The van der Waals surface area contributed by atoms with Crippen molar-refractivity contribution in [3.8, 4) is 0 Å². The zero-order valence-electron chi connectivity index (χ0n) is 17.4. The molecule has 158 valence electrons. The summed E-state index contributed by atoms with van der Waals surface area (Å²) in [5.41, 5.74) is 1.80. The predicted molar refractivity (Wildman–Crippen MR) is 115 cm³/mol. The number of aliphatic imine (C=N–C) groups is 1. The molecule has 1 saturated heterocycles. The SMILES string of the molecule is CCNC(=NCc1ccc(C(=O)N2CCCCC2)cc1)NCCNC(=O)C1CC1. The number of hydrogen-bond acceptors (Lipinski definition) is 3. The summed E-state index contributed by atoms with van der Waals surface area (Å²) in [4.78, 5) is 30.8. The molecule has 7 heteroatoms. The van der Waals surface area contributed by atoms with E-state index in [1.807, 2.05) is 36.1 Å². The lowest BCUT2D eigenvalue weighted by atomic mass is 10.1. The fourth-order valence-corrected chi connectivity index (χ4v) is 3.40. The van der Waals surface area contributed by atoms with Crippen molar-refractivity contribution in [1.29, 1.82) is 0 Å². The minimum absolute atomic E-state index is 0.128. The Morgan fingerprint density at radius 2 is 1.69 bits per heavy atom. The lowest BCUT2D eigenvalue weighted by Crippen LogP contribution is -2.41. The van der Waals surface area contributed by atoms with Crippen LogP contribution in [0.25, 0.3) is 0 Å². The molecule has 3 N–H and O–H groups in total. The summed E-state index contributed by atoms with van der Waals surface area (Å²) in [7, 11) is 0. The first kappa shape index (κ1) is 21.1. The smallest absolute Gasteiger partial charge is 0.253 e. The van der Waals surface area contributed by atoms with E-state index in [-0.39, 0.29) is 17.7 Å². The number of carbonyl (C=O) groups excluding carboxylic acids is 2. The van der Waals surface area contributed by atoms with E-state index in [1.165, 1.54) is 6.42 Å². The summed E-state index contributed by atoms with van der Waals surface area (Å²) in [6, 6.07) is 7.74. The van der Waals surface area contributed by atoms with E-state index < -0.39 is 0 Å². The van der Waals surface area contributed by atoms with Gasteiger partial charge in [-0.15, -0.1) is 0 Å². The number of amides is 2. The van der Waals surface area contributed by atoms with Gasteiger partial charge in [-0.05, 0) is 56.7 Å². The third kappa shape index (κ3) is 6.76. The van der Waals surface area contributed by atoms with Crippen molar-refractivity contribution in [2.24, 2.45) is 10.9 Å². The van der Waals surface area contributed by atoms with Gasteiger partial charge in [0.15, 0.2) is 5.96 Å². The van der Waals surface area contributed by atoms with Crippen molar-refractivity contribution in [3.63, 3.8) is 0 Å². The molecule has 2 aliphatic rings. The molecule has 29 heavy (non-hydrogen) atoms. The highest BCUT2D eigenvalue weighted by atomic mass is 16.2. The first-order valence-corrected chi connectivity index (χ1v) is 10.9. The van der Waals surface area contributed by atoms with E-state index in [1.54, 1.807) is 0 Å². The van der Waals surface area contributed by atoms with Gasteiger partial charge >= 0.3 is 0 Å². The third-order valence-electron chi connectivity index (χ3n) is 5.27. The molecule has 3 rings (SSSR count). The van der Waals surface area contributed by atoms with Gasteiger partial charge in [0.05, 0.1) is 6.54 Å². The maximum absolute atomic E-state index is 12.6. The minimum Gasteiger partial charge on any atom is -0.357 e. The maximum Gasteiger partial charge on any atom is 0.253 e. The highest BCUT2D eigenvalue weighted by Gasteiger charge is 2.28. The molecule has 0 unspecified atom stereocenters. The Bertz CT molecular complexity index is 706. The second-order valence-electron chi connectivity index (χ2n) is 7.74. The maximum atomic E-state index is 12.6. The predicted octanol–water partition coefficient (Wildman–Crippen LogP) is 1.89. The van der Waals surface area contributed by atoms with Crippen LogP contribution in [0.4, 0.5) is 0 Å². The summed E-state index contributed by atoms with van der Waals surface area (Å²) < 4.78 is 0. The number of nitrogens with zero attached hydrogens (tertiary/aromatic N) is 2. The van der Waals surface area contributed by atoms with Gasteiger partial charge in [0.2, 0.25) is 5.91 Å². The zero-order chi connectivity index (χ0) is 20.5. The Labute approximate surface area is 173 Å². The number of likely N-dealkylation sites (tertiary alicyclic amines) is 1. The van der Waals surface area contributed by atoms with E-state index in [9.17, 15) is 9.59 Å². The van der Waals surface area contributed by atoms with Crippen molar-refractivity contribution < 1.29 is 9.59 Å². The molecule has 2 fully saturated rings. The highest BCUT2D eigenvalue weighted by Crippen LogP contribution is 2.28. The number of rotatable bonds is 8. The molecular weight excluding hydrogens is 366 g/mol. The molecule has 0 spiro atoms. The topological polar surface area (TPSA) is 85.8 Å². The van der Waals surface area contributed by atoms with Crippen LogP contribution in [0.5, 0.6) is 0 Å². The Morgan fingerprint density at radius 3 is 2.34 bits per heavy atom. The fraction of sp³-hybridized carbons (Fsp3) is 0.591. The Balaban J connectivity index is 1.46. The van der Waals surface area contributed by atoms with Gasteiger partial charge in [-0.1, -0.05) is 12.1 Å². The summed E-state index contributed by atoms with van der Waals surface area (Å²) in [5, 5.41) is 9.40. The highest BCUT2D eigenvalue weighted by molar-refractivity contribution is 5.94. The van der Waals surface area contributed by atoms with Crippen LogP contribution < -0.4 is 16.0 Å². The minimum atomic E-state index is 0.128. The number of nitrogens with one attached hydrogen (secondary N) is 3. The second kappa shape index (κ2) is 10.8. The summed E-state index contributed by atoms with van der Waals surface area (Å²) in [6.45, 7) is 6.27. The Kier molecular flexibility index (Phi) is 7.90. The lowest BCUT2D eigenvalue weighted by molar-refractivity contribution is -0.122. The largest absolute Gasteiger partial charge is 0.357 e. The molecule has 1 aromatic carbocycles. The molecule has 2 amide bonds. The van der Waals surface area contributed by atoms with Crippen molar-refractivity contribution >= 4 is 17.8 Å². The molecule has 0 aromatic heterocycles. The van der Waals surface area contributed by atoms with Crippen LogP contribution in [0.3, 0.4) is 0 Å². The van der Waals surface area contributed by atoms with Gasteiger partial charge < -0.3 is 20.9 Å². The number of carbonyl (C=O) groups is 2. The average molecular weight is 400 g/mol. The monoisotopic (exact) mass is 399 g/mol. The number of benzene rings is 1. The number of piperidine rings is 1. The average Bonchev–Trinajstić information content (AvgIpc) is 3.61. The molecular formula is C22H33N5O2. The first-order chi connectivity index (χ1) is 14.2. The third-order valence-corrected chi connectivity index (χ3v) is 5.27. The molecule has 7 nitrogen and oxygen atoms in total. The van der Waals surface area contributed by atoms with E-state index in [4.69, 9.17) is 0 Å². The first-order valence-electron chi connectivity index (χ1n) is 10.9. The standard InChI is InChI=1S/C22H33N5O2/c1-2-23-22(25-13-12-24-20(28)18-10-11-18)26-16-17-6-8-19(9-7-17)21(29)27-14-4-3-5-15-27/h6-9,18H,2-5,10-16H2,1H3,(H,24,28)(H2,23,25,26). The van der Waals surface area contributed by atoms with E-state index in [2.05, 4.69) is 20.9 Å². The number of hydrogen-bond donors (Lipinski definition) is 3. The summed E-state index contributed by atoms with van der Waals surface area (Å²) in [6.07, 6.45) is 5.46. The van der Waals surface area contributed by atoms with Gasteiger partial charge in [0, 0.05) is 44.2 Å². The van der Waals surface area contributed by atoms with Gasteiger partial charge in [-0.3, -0.25) is 9.59 Å². The quantitative estimate of drug-likeness (QED) is 0.354. The van der Waals surface area contributed by atoms with E-state index >= 15 is 0 Å². The second-order valence-corrected chi connectivity index (χ2v) is 7.74. The van der Waals surface area contributed by atoms with Gasteiger partial charge in [-0.2, -0.15) is 0 Å². The van der Waals surface area contributed by atoms with Crippen molar-refractivity contribution in [2.75, 3.05) is 32.7 Å².